The Morgan fingerprint density at radius 3 is 2.58 bits per heavy atom. The fraction of sp³-hybridized carbons (Fsp3) is 0.125. The second-order valence-corrected chi connectivity index (χ2v) is 4.36. The minimum Gasteiger partial charge on any atom is -0.454 e. The van der Waals surface area contributed by atoms with Crippen molar-refractivity contribution in [2.24, 2.45) is 0 Å². The first-order valence-electron chi connectivity index (χ1n) is 5.86. The van der Waals surface area contributed by atoms with Gasteiger partial charge in [0.2, 0.25) is 6.79 Å². The lowest BCUT2D eigenvalue weighted by molar-refractivity contribution is 0.174. The molecule has 0 bridgehead atoms. The smallest absolute Gasteiger partial charge is 0.231 e. The lowest BCUT2D eigenvalue weighted by atomic mass is 9.98. The number of ether oxygens (including phenoxy) is 2. The minimum atomic E-state index is -0.230. The highest BCUT2D eigenvalue weighted by atomic mass is 19.1. The molecule has 0 unspecified atom stereocenters. The highest BCUT2D eigenvalue weighted by Gasteiger charge is 2.17. The molecule has 0 spiro atoms. The number of rotatable bonds is 1. The third-order valence-electron chi connectivity index (χ3n) is 3.14. The Morgan fingerprint density at radius 1 is 1.16 bits per heavy atom. The first-order chi connectivity index (χ1) is 9.19. The van der Waals surface area contributed by atoms with Crippen LogP contribution in [0, 0.1) is 25.1 Å². The van der Waals surface area contributed by atoms with Gasteiger partial charge in [-0.2, -0.15) is 0 Å². The van der Waals surface area contributed by atoms with Crippen LogP contribution in [0.3, 0.4) is 0 Å². The van der Waals surface area contributed by atoms with E-state index in [1.54, 1.807) is 25.1 Å². The average molecular weight is 254 g/mol. The molecule has 2 aromatic carbocycles. The van der Waals surface area contributed by atoms with Gasteiger partial charge >= 0.3 is 0 Å². The summed E-state index contributed by atoms with van der Waals surface area (Å²) < 4.78 is 24.0. The largest absolute Gasteiger partial charge is 0.454 e. The van der Waals surface area contributed by atoms with Crippen molar-refractivity contribution < 1.29 is 13.9 Å². The van der Waals surface area contributed by atoms with Gasteiger partial charge in [0.1, 0.15) is 5.82 Å². The maximum absolute atomic E-state index is 13.3. The normalized spacial score (nSPS) is 12.3. The molecule has 0 radical (unpaired) electrons. The molecule has 2 nitrogen and oxygen atoms in total. The van der Waals surface area contributed by atoms with Crippen LogP contribution in [0.1, 0.15) is 11.1 Å². The lowest BCUT2D eigenvalue weighted by Crippen LogP contribution is -1.92. The molecule has 94 valence electrons. The summed E-state index contributed by atoms with van der Waals surface area (Å²) in [5.41, 5.74) is 2.99. The Balaban J connectivity index is 2.19. The molecule has 0 saturated heterocycles. The highest BCUT2D eigenvalue weighted by molar-refractivity contribution is 5.75. The molecule has 19 heavy (non-hydrogen) atoms. The monoisotopic (exact) mass is 254 g/mol. The molecule has 1 heterocycles. The van der Waals surface area contributed by atoms with Crippen molar-refractivity contribution in [2.45, 2.75) is 6.92 Å². The van der Waals surface area contributed by atoms with Crippen LogP contribution >= 0.6 is 0 Å². The number of halogens is 1. The van der Waals surface area contributed by atoms with Crippen molar-refractivity contribution in [3.8, 4) is 35.0 Å². The number of aryl methyl sites for hydroxylation is 1. The van der Waals surface area contributed by atoms with Crippen LogP contribution in [0.25, 0.3) is 11.1 Å². The molecule has 0 fully saturated rings. The predicted octanol–water partition coefficient (Wildman–Crippen LogP) is 3.51. The van der Waals surface area contributed by atoms with Crippen molar-refractivity contribution in [2.75, 3.05) is 6.79 Å². The molecule has 0 N–H and O–H groups in total. The van der Waals surface area contributed by atoms with E-state index < -0.39 is 0 Å². The van der Waals surface area contributed by atoms with Crippen molar-refractivity contribution in [1.29, 1.82) is 0 Å². The fourth-order valence-corrected chi connectivity index (χ4v) is 2.11. The molecule has 0 amide bonds. The Bertz CT molecular complexity index is 699. The van der Waals surface area contributed by atoms with Crippen molar-refractivity contribution in [3.05, 3.63) is 47.3 Å². The van der Waals surface area contributed by atoms with Gasteiger partial charge in [-0.25, -0.2) is 4.39 Å². The fourth-order valence-electron chi connectivity index (χ4n) is 2.11. The average Bonchev–Trinajstić information content (AvgIpc) is 2.87. The van der Waals surface area contributed by atoms with E-state index in [1.807, 2.05) is 6.07 Å². The molecule has 3 rings (SSSR count). The molecule has 0 aromatic heterocycles. The quantitative estimate of drug-likeness (QED) is 0.725. The van der Waals surface area contributed by atoms with E-state index in [4.69, 9.17) is 15.9 Å². The summed E-state index contributed by atoms with van der Waals surface area (Å²) in [6.45, 7) is 1.92. The van der Waals surface area contributed by atoms with Gasteiger partial charge in [0, 0.05) is 17.2 Å². The molecule has 0 aliphatic carbocycles. The van der Waals surface area contributed by atoms with Crippen molar-refractivity contribution >= 4 is 0 Å². The van der Waals surface area contributed by atoms with E-state index >= 15 is 0 Å². The molecule has 1 aliphatic heterocycles. The zero-order valence-corrected chi connectivity index (χ0v) is 10.4. The summed E-state index contributed by atoms with van der Waals surface area (Å²) in [4.78, 5) is 0. The zero-order chi connectivity index (χ0) is 13.4. The Morgan fingerprint density at radius 2 is 1.89 bits per heavy atom. The number of benzene rings is 2. The van der Waals surface area contributed by atoms with Crippen LogP contribution in [-0.2, 0) is 0 Å². The lowest BCUT2D eigenvalue weighted by Gasteiger charge is -2.08. The van der Waals surface area contributed by atoms with Crippen LogP contribution in [0.15, 0.2) is 30.3 Å². The standard InChI is InChI=1S/C16H11FO2/c1-3-11-7-15-16(19-9-18-15)8-13(11)12-4-5-14(17)10(2)6-12/h1,4-8H,9H2,2H3. The third kappa shape index (κ3) is 1.92. The topological polar surface area (TPSA) is 18.5 Å². The minimum absolute atomic E-state index is 0.200. The van der Waals surface area contributed by atoms with Gasteiger partial charge < -0.3 is 9.47 Å². The first kappa shape index (κ1) is 11.6. The zero-order valence-electron chi connectivity index (χ0n) is 10.4. The van der Waals surface area contributed by atoms with Crippen LogP contribution in [0.5, 0.6) is 11.5 Å². The van der Waals surface area contributed by atoms with Gasteiger partial charge in [-0.1, -0.05) is 12.0 Å². The first-order valence-corrected chi connectivity index (χ1v) is 5.86. The van der Waals surface area contributed by atoms with Gasteiger partial charge in [0.05, 0.1) is 0 Å². The summed E-state index contributed by atoms with van der Waals surface area (Å²) in [6.07, 6.45) is 5.53. The third-order valence-corrected chi connectivity index (χ3v) is 3.14. The van der Waals surface area contributed by atoms with E-state index in [0.717, 1.165) is 11.1 Å². The Kier molecular flexibility index (Phi) is 2.64. The van der Waals surface area contributed by atoms with Crippen LogP contribution in [0.4, 0.5) is 4.39 Å². The molecule has 3 heteroatoms. The number of terminal acetylenes is 1. The summed E-state index contributed by atoms with van der Waals surface area (Å²) >= 11 is 0. The van der Waals surface area contributed by atoms with Gasteiger partial charge in [-0.15, -0.1) is 6.42 Å². The van der Waals surface area contributed by atoms with Crippen LogP contribution in [0.2, 0.25) is 0 Å². The van der Waals surface area contributed by atoms with Crippen LogP contribution in [-0.4, -0.2) is 6.79 Å². The van der Waals surface area contributed by atoms with E-state index in [2.05, 4.69) is 5.92 Å². The second-order valence-electron chi connectivity index (χ2n) is 4.36. The Labute approximate surface area is 110 Å². The highest BCUT2D eigenvalue weighted by Crippen LogP contribution is 2.38. The van der Waals surface area contributed by atoms with E-state index in [-0.39, 0.29) is 12.6 Å². The molecule has 2 aromatic rings. The summed E-state index contributed by atoms with van der Waals surface area (Å²) in [7, 11) is 0. The predicted molar refractivity (Wildman–Crippen MR) is 70.6 cm³/mol. The van der Waals surface area contributed by atoms with Gasteiger partial charge in [0.25, 0.3) is 0 Å². The molecular formula is C16H11FO2. The summed E-state index contributed by atoms with van der Waals surface area (Å²) in [5, 5.41) is 0. The number of fused-ring (bicyclic) bond motifs is 1. The summed E-state index contributed by atoms with van der Waals surface area (Å²) in [6, 6.07) is 8.53. The Hall–Kier alpha value is -2.47. The summed E-state index contributed by atoms with van der Waals surface area (Å²) in [5.74, 6) is 3.71. The van der Waals surface area contributed by atoms with Crippen LogP contribution < -0.4 is 9.47 Å². The second kappa shape index (κ2) is 4.33. The maximum Gasteiger partial charge on any atom is 0.231 e. The maximum atomic E-state index is 13.3. The molecule has 1 aliphatic rings. The van der Waals surface area contributed by atoms with E-state index in [0.29, 0.717) is 22.6 Å². The molecular weight excluding hydrogens is 243 g/mol. The van der Waals surface area contributed by atoms with Crippen molar-refractivity contribution in [3.63, 3.8) is 0 Å². The van der Waals surface area contributed by atoms with Gasteiger partial charge in [-0.05, 0) is 36.2 Å². The number of hydrogen-bond donors (Lipinski definition) is 0. The molecule has 0 saturated carbocycles. The van der Waals surface area contributed by atoms with E-state index in [9.17, 15) is 4.39 Å². The van der Waals surface area contributed by atoms with Gasteiger partial charge in [-0.3, -0.25) is 0 Å². The van der Waals surface area contributed by atoms with Gasteiger partial charge in [0.15, 0.2) is 11.5 Å². The number of hydrogen-bond acceptors (Lipinski definition) is 2. The van der Waals surface area contributed by atoms with E-state index in [1.165, 1.54) is 6.07 Å². The molecule has 0 atom stereocenters. The van der Waals surface area contributed by atoms with Crippen molar-refractivity contribution in [1.82, 2.24) is 0 Å². The SMILES string of the molecule is C#Cc1cc2c(cc1-c1ccc(F)c(C)c1)OCO2.